The second kappa shape index (κ2) is 6.37. The summed E-state index contributed by atoms with van der Waals surface area (Å²) in [6.07, 6.45) is 5.49. The number of nitrogens with zero attached hydrogens (tertiary/aromatic N) is 3. The zero-order chi connectivity index (χ0) is 17.2. The van der Waals surface area contributed by atoms with Crippen molar-refractivity contribution in [1.29, 1.82) is 0 Å². The van der Waals surface area contributed by atoms with Crippen LogP contribution in [0.1, 0.15) is 10.4 Å². The van der Waals surface area contributed by atoms with E-state index in [9.17, 15) is 4.79 Å². The Labute approximate surface area is 148 Å². The molecule has 2 aromatic carbocycles. The number of imidazole rings is 1. The molecule has 0 bridgehead atoms. The minimum Gasteiger partial charge on any atom is -0.322 e. The van der Waals surface area contributed by atoms with Gasteiger partial charge in [-0.05, 0) is 30.3 Å². The number of carbonyl (C=O) groups is 1. The number of fused-ring (bicyclic) bond motifs is 1. The van der Waals surface area contributed by atoms with Crippen LogP contribution in [0, 0.1) is 0 Å². The molecule has 0 unspecified atom stereocenters. The summed E-state index contributed by atoms with van der Waals surface area (Å²) in [6.45, 7) is 0. The topological polar surface area (TPSA) is 59.3 Å². The Hall–Kier alpha value is -3.18. The number of rotatable bonds is 3. The van der Waals surface area contributed by atoms with E-state index in [4.69, 9.17) is 11.6 Å². The number of aromatic nitrogens is 3. The van der Waals surface area contributed by atoms with Gasteiger partial charge in [0.2, 0.25) is 5.78 Å². The van der Waals surface area contributed by atoms with Crippen molar-refractivity contribution < 1.29 is 4.79 Å². The number of carbonyl (C=O) groups excluding carboxylic acids is 1. The fraction of sp³-hybridized carbons (Fsp3) is 0. The van der Waals surface area contributed by atoms with Gasteiger partial charge < -0.3 is 5.32 Å². The normalized spacial score (nSPS) is 10.8. The number of amides is 1. The SMILES string of the molecule is O=C(Nc1cccc(-c2cn3cccnc3n2)c1)c1ccccc1Cl. The molecule has 0 saturated carbocycles. The van der Waals surface area contributed by atoms with E-state index in [1.54, 1.807) is 30.5 Å². The zero-order valence-corrected chi connectivity index (χ0v) is 13.8. The zero-order valence-electron chi connectivity index (χ0n) is 13.1. The van der Waals surface area contributed by atoms with Crippen LogP contribution < -0.4 is 5.32 Å². The number of hydrogen-bond donors (Lipinski definition) is 1. The van der Waals surface area contributed by atoms with Crippen molar-refractivity contribution in [2.45, 2.75) is 0 Å². The maximum atomic E-state index is 12.4. The molecular weight excluding hydrogens is 336 g/mol. The van der Waals surface area contributed by atoms with E-state index in [-0.39, 0.29) is 5.91 Å². The van der Waals surface area contributed by atoms with E-state index in [2.05, 4.69) is 15.3 Å². The standard InChI is InChI=1S/C19H13ClN4O/c20-16-8-2-1-7-15(16)18(25)22-14-6-3-5-13(11-14)17-12-24-10-4-9-21-19(24)23-17/h1-12H,(H,22,25). The monoisotopic (exact) mass is 348 g/mol. The highest BCUT2D eigenvalue weighted by Gasteiger charge is 2.11. The predicted octanol–water partition coefficient (Wildman–Crippen LogP) is 4.30. The Kier molecular flexibility index (Phi) is 3.91. The summed E-state index contributed by atoms with van der Waals surface area (Å²) >= 11 is 6.08. The first-order chi connectivity index (χ1) is 12.2. The van der Waals surface area contributed by atoms with Crippen LogP contribution in [-0.4, -0.2) is 20.3 Å². The summed E-state index contributed by atoms with van der Waals surface area (Å²) in [5.74, 6) is 0.377. The van der Waals surface area contributed by atoms with Gasteiger partial charge in [0.05, 0.1) is 16.3 Å². The fourth-order valence-electron chi connectivity index (χ4n) is 2.57. The lowest BCUT2D eigenvalue weighted by atomic mass is 10.1. The summed E-state index contributed by atoms with van der Waals surface area (Å²) < 4.78 is 1.85. The van der Waals surface area contributed by atoms with Gasteiger partial charge in [-0.1, -0.05) is 35.9 Å². The molecule has 2 aromatic heterocycles. The molecule has 6 heteroatoms. The molecule has 1 amide bonds. The van der Waals surface area contributed by atoms with Crippen molar-refractivity contribution in [3.05, 3.63) is 83.8 Å². The lowest BCUT2D eigenvalue weighted by Crippen LogP contribution is -2.12. The van der Waals surface area contributed by atoms with Gasteiger partial charge in [0.15, 0.2) is 0 Å². The smallest absolute Gasteiger partial charge is 0.257 e. The molecule has 0 radical (unpaired) electrons. The minimum absolute atomic E-state index is 0.251. The van der Waals surface area contributed by atoms with Gasteiger partial charge in [0.25, 0.3) is 5.91 Å². The molecule has 5 nitrogen and oxygen atoms in total. The van der Waals surface area contributed by atoms with Crippen LogP contribution >= 0.6 is 11.6 Å². The third-order valence-electron chi connectivity index (χ3n) is 3.77. The quantitative estimate of drug-likeness (QED) is 0.600. The highest BCUT2D eigenvalue weighted by Crippen LogP contribution is 2.23. The molecule has 0 spiro atoms. The maximum Gasteiger partial charge on any atom is 0.257 e. The number of nitrogens with one attached hydrogen (secondary N) is 1. The largest absolute Gasteiger partial charge is 0.322 e. The summed E-state index contributed by atoms with van der Waals surface area (Å²) in [4.78, 5) is 21.1. The summed E-state index contributed by atoms with van der Waals surface area (Å²) in [5, 5.41) is 3.29. The van der Waals surface area contributed by atoms with E-state index in [0.717, 1.165) is 11.3 Å². The lowest BCUT2D eigenvalue weighted by molar-refractivity contribution is 0.102. The van der Waals surface area contributed by atoms with E-state index in [0.29, 0.717) is 22.1 Å². The molecule has 4 rings (SSSR count). The number of hydrogen-bond acceptors (Lipinski definition) is 3. The number of benzene rings is 2. The van der Waals surface area contributed by atoms with Crippen molar-refractivity contribution in [2.24, 2.45) is 0 Å². The van der Waals surface area contributed by atoms with Crippen LogP contribution in [0.15, 0.2) is 73.2 Å². The van der Waals surface area contributed by atoms with Crippen molar-refractivity contribution >= 4 is 29.0 Å². The molecule has 122 valence electrons. The summed E-state index contributed by atoms with van der Waals surface area (Å²) in [6, 6.07) is 16.3. The van der Waals surface area contributed by atoms with Crippen LogP contribution in [0.25, 0.3) is 17.0 Å². The Balaban J connectivity index is 1.63. The average Bonchev–Trinajstić information content (AvgIpc) is 3.06. The van der Waals surface area contributed by atoms with Gasteiger partial charge in [-0.3, -0.25) is 9.20 Å². The molecular formula is C19H13ClN4O. The molecule has 0 saturated heterocycles. The maximum absolute atomic E-state index is 12.4. The minimum atomic E-state index is -0.251. The first-order valence-electron chi connectivity index (χ1n) is 7.67. The summed E-state index contributed by atoms with van der Waals surface area (Å²) in [5.41, 5.74) is 2.79. The molecule has 4 aromatic rings. The van der Waals surface area contributed by atoms with Crippen LogP contribution in [0.2, 0.25) is 5.02 Å². The molecule has 0 atom stereocenters. The molecule has 25 heavy (non-hydrogen) atoms. The molecule has 0 aliphatic carbocycles. The van der Waals surface area contributed by atoms with E-state index >= 15 is 0 Å². The third-order valence-corrected chi connectivity index (χ3v) is 4.10. The van der Waals surface area contributed by atoms with Gasteiger partial charge in [0, 0.05) is 29.8 Å². The highest BCUT2D eigenvalue weighted by molar-refractivity contribution is 6.34. The Morgan fingerprint density at radius 3 is 2.80 bits per heavy atom. The molecule has 0 aliphatic heterocycles. The number of halogens is 1. The molecule has 0 aliphatic rings. The Morgan fingerprint density at radius 1 is 1.08 bits per heavy atom. The lowest BCUT2D eigenvalue weighted by Gasteiger charge is -2.07. The van der Waals surface area contributed by atoms with Crippen molar-refractivity contribution in [3.63, 3.8) is 0 Å². The van der Waals surface area contributed by atoms with Gasteiger partial charge in [-0.15, -0.1) is 0 Å². The average molecular weight is 349 g/mol. The van der Waals surface area contributed by atoms with Crippen molar-refractivity contribution in [1.82, 2.24) is 14.4 Å². The third kappa shape index (κ3) is 3.09. The first kappa shape index (κ1) is 15.4. The van der Waals surface area contributed by atoms with E-state index in [1.165, 1.54) is 0 Å². The van der Waals surface area contributed by atoms with Crippen molar-refractivity contribution in [2.75, 3.05) is 5.32 Å². The predicted molar refractivity (Wildman–Crippen MR) is 97.8 cm³/mol. The van der Waals surface area contributed by atoms with Crippen LogP contribution in [0.5, 0.6) is 0 Å². The van der Waals surface area contributed by atoms with Gasteiger partial charge in [-0.25, -0.2) is 9.97 Å². The molecule has 1 N–H and O–H groups in total. The van der Waals surface area contributed by atoms with Gasteiger partial charge >= 0.3 is 0 Å². The highest BCUT2D eigenvalue weighted by atomic mass is 35.5. The van der Waals surface area contributed by atoms with Crippen LogP contribution in [0.4, 0.5) is 5.69 Å². The van der Waals surface area contributed by atoms with Crippen molar-refractivity contribution in [3.8, 4) is 11.3 Å². The second-order valence-corrected chi connectivity index (χ2v) is 5.88. The Morgan fingerprint density at radius 2 is 1.96 bits per heavy atom. The Bertz CT molecular complexity index is 1040. The van der Waals surface area contributed by atoms with Gasteiger partial charge in [-0.2, -0.15) is 0 Å². The first-order valence-corrected chi connectivity index (χ1v) is 8.04. The number of anilines is 1. The van der Waals surface area contributed by atoms with Crippen LogP contribution in [-0.2, 0) is 0 Å². The van der Waals surface area contributed by atoms with E-state index in [1.807, 2.05) is 47.1 Å². The molecule has 2 heterocycles. The second-order valence-electron chi connectivity index (χ2n) is 5.47. The van der Waals surface area contributed by atoms with E-state index < -0.39 is 0 Å². The van der Waals surface area contributed by atoms with Gasteiger partial charge in [0.1, 0.15) is 0 Å². The fourth-order valence-corrected chi connectivity index (χ4v) is 2.79. The van der Waals surface area contributed by atoms with Crippen LogP contribution in [0.3, 0.4) is 0 Å². The molecule has 0 fully saturated rings. The summed E-state index contributed by atoms with van der Waals surface area (Å²) in [7, 11) is 0.